The molecule has 9 heteroatoms. The van der Waals surface area contributed by atoms with Crippen LogP contribution in [0.5, 0.6) is 0 Å². The number of nitrogens with zero attached hydrogens (tertiary/aromatic N) is 2. The minimum Gasteiger partial charge on any atom is -0.468 e. The molecule has 2 amide bonds. The van der Waals surface area contributed by atoms with Gasteiger partial charge in [0.2, 0.25) is 0 Å². The van der Waals surface area contributed by atoms with Gasteiger partial charge in [0, 0.05) is 15.6 Å². The van der Waals surface area contributed by atoms with Crippen molar-refractivity contribution in [2.45, 2.75) is 18.4 Å². The second kappa shape index (κ2) is 7.72. The first-order valence-electron chi connectivity index (χ1n) is 8.32. The Labute approximate surface area is 172 Å². The third kappa shape index (κ3) is 3.29. The maximum absolute atomic E-state index is 14.3. The molecule has 1 atom stereocenters. The molecule has 1 aliphatic heterocycles. The molecule has 0 saturated carbocycles. The smallest absolute Gasteiger partial charge is 0.327 e. The second-order valence-corrected chi connectivity index (χ2v) is 7.27. The maximum atomic E-state index is 14.3. The number of ether oxygens (including phenoxy) is 1. The Hall–Kier alpha value is -3.12. The van der Waals surface area contributed by atoms with Crippen molar-refractivity contribution in [3.8, 4) is 6.07 Å². The van der Waals surface area contributed by atoms with E-state index in [2.05, 4.69) is 15.9 Å². The van der Waals surface area contributed by atoms with E-state index in [0.717, 1.165) is 25.3 Å². The van der Waals surface area contributed by atoms with Crippen molar-refractivity contribution in [1.82, 2.24) is 4.90 Å². The van der Waals surface area contributed by atoms with Crippen LogP contribution in [0.25, 0.3) is 0 Å². The van der Waals surface area contributed by atoms with Crippen molar-refractivity contribution in [2.75, 3.05) is 7.11 Å². The number of carbonyl (C=O) groups excluding carboxylic acids is 3. The van der Waals surface area contributed by atoms with E-state index in [4.69, 9.17) is 4.74 Å². The zero-order valence-electron chi connectivity index (χ0n) is 15.0. The fourth-order valence-electron chi connectivity index (χ4n) is 3.34. The van der Waals surface area contributed by atoms with Gasteiger partial charge in [0.15, 0.2) is 5.41 Å². The molecule has 6 nitrogen and oxygen atoms in total. The summed E-state index contributed by atoms with van der Waals surface area (Å²) in [6.45, 7) is -0.474. The predicted octanol–water partition coefficient (Wildman–Crippen LogP) is 3.23. The summed E-state index contributed by atoms with van der Waals surface area (Å²) in [5, 5.41) is 9.28. The zero-order chi connectivity index (χ0) is 21.3. The molecule has 0 aromatic heterocycles. The lowest BCUT2D eigenvalue weighted by Gasteiger charge is -2.38. The van der Waals surface area contributed by atoms with Crippen molar-refractivity contribution in [3.05, 3.63) is 69.2 Å². The molecule has 1 heterocycles. The van der Waals surface area contributed by atoms with Crippen molar-refractivity contribution in [3.63, 3.8) is 0 Å². The molecule has 0 N–H and O–H groups in total. The number of hydrogen-bond donors (Lipinski definition) is 0. The van der Waals surface area contributed by atoms with E-state index in [-0.39, 0.29) is 16.7 Å². The molecule has 0 radical (unpaired) electrons. The molecule has 29 heavy (non-hydrogen) atoms. The van der Waals surface area contributed by atoms with Gasteiger partial charge in [-0.2, -0.15) is 5.26 Å². The van der Waals surface area contributed by atoms with E-state index in [9.17, 15) is 28.4 Å². The highest BCUT2D eigenvalue weighted by Gasteiger charge is 2.57. The Morgan fingerprint density at radius 1 is 1.24 bits per heavy atom. The van der Waals surface area contributed by atoms with Crippen LogP contribution in [-0.2, 0) is 26.3 Å². The van der Waals surface area contributed by atoms with Gasteiger partial charge >= 0.3 is 5.97 Å². The number of halogens is 3. The average Bonchev–Trinajstić information content (AvgIpc) is 2.69. The number of imide groups is 1. The zero-order valence-corrected chi connectivity index (χ0v) is 16.6. The minimum absolute atomic E-state index is 0.0242. The third-order valence-corrected chi connectivity index (χ3v) is 5.24. The lowest BCUT2D eigenvalue weighted by molar-refractivity contribution is -0.156. The van der Waals surface area contributed by atoms with Crippen LogP contribution in [0.4, 0.5) is 8.78 Å². The summed E-state index contributed by atoms with van der Waals surface area (Å²) in [6.07, 6.45) is -0.679. The van der Waals surface area contributed by atoms with Gasteiger partial charge in [-0.15, -0.1) is 0 Å². The Morgan fingerprint density at radius 2 is 1.97 bits per heavy atom. The molecule has 2 aromatic rings. The van der Waals surface area contributed by atoms with Gasteiger partial charge < -0.3 is 4.74 Å². The predicted molar refractivity (Wildman–Crippen MR) is 99.3 cm³/mol. The first kappa shape index (κ1) is 20.6. The number of rotatable bonds is 4. The summed E-state index contributed by atoms with van der Waals surface area (Å²) >= 11 is 3.12. The molecule has 3 rings (SSSR count). The summed E-state index contributed by atoms with van der Waals surface area (Å²) in [7, 11) is 1.02. The Balaban J connectivity index is 2.22. The van der Waals surface area contributed by atoms with Crippen LogP contribution in [-0.4, -0.2) is 29.8 Å². The Bertz CT molecular complexity index is 1080. The molecule has 0 aliphatic carbocycles. The van der Waals surface area contributed by atoms with Crippen molar-refractivity contribution >= 4 is 33.7 Å². The van der Waals surface area contributed by atoms with Crippen LogP contribution in [0.1, 0.15) is 27.9 Å². The van der Waals surface area contributed by atoms with Gasteiger partial charge in [-0.05, 0) is 35.9 Å². The van der Waals surface area contributed by atoms with Crippen LogP contribution in [0.2, 0.25) is 0 Å². The monoisotopic (exact) mass is 462 g/mol. The fraction of sp³-hybridized carbons (Fsp3) is 0.200. The van der Waals surface area contributed by atoms with Crippen LogP contribution >= 0.6 is 15.9 Å². The van der Waals surface area contributed by atoms with E-state index in [1.165, 1.54) is 18.2 Å². The number of nitriles is 1. The number of esters is 1. The highest BCUT2D eigenvalue weighted by Crippen LogP contribution is 2.40. The maximum Gasteiger partial charge on any atom is 0.327 e. The number of benzene rings is 2. The van der Waals surface area contributed by atoms with E-state index in [1.807, 2.05) is 0 Å². The van der Waals surface area contributed by atoms with Crippen LogP contribution in [0.15, 0.2) is 40.9 Å². The largest absolute Gasteiger partial charge is 0.468 e. The lowest BCUT2D eigenvalue weighted by atomic mass is 9.71. The summed E-state index contributed by atoms with van der Waals surface area (Å²) in [4.78, 5) is 39.6. The summed E-state index contributed by atoms with van der Waals surface area (Å²) in [5.41, 5.74) is -2.59. The molecule has 1 aliphatic rings. The van der Waals surface area contributed by atoms with E-state index in [0.29, 0.717) is 9.37 Å². The normalized spacial score (nSPS) is 18.2. The van der Waals surface area contributed by atoms with E-state index in [1.54, 1.807) is 6.07 Å². The first-order chi connectivity index (χ1) is 13.8. The Morgan fingerprint density at radius 3 is 2.59 bits per heavy atom. The standard InChI is InChI=1S/C20H13BrF2N2O4/c1-29-19(28)20(6-7-24)15-9-13(22)4-5-14(15)17(26)25(18(20)27)10-11-2-3-12(21)8-16(11)23/h2-5,8-9H,6,10H2,1H3. The molecule has 1 unspecified atom stereocenters. The van der Waals surface area contributed by atoms with Gasteiger partial charge in [-0.1, -0.05) is 22.0 Å². The number of methoxy groups -OCH3 is 1. The van der Waals surface area contributed by atoms with Gasteiger partial charge in [-0.25, -0.2) is 8.78 Å². The lowest BCUT2D eigenvalue weighted by Crippen LogP contribution is -2.58. The molecule has 2 aromatic carbocycles. The van der Waals surface area contributed by atoms with Crippen molar-refractivity contribution < 1.29 is 27.9 Å². The van der Waals surface area contributed by atoms with Crippen molar-refractivity contribution in [2.24, 2.45) is 0 Å². The topological polar surface area (TPSA) is 87.5 Å². The molecular weight excluding hydrogens is 450 g/mol. The van der Waals surface area contributed by atoms with Gasteiger partial charge in [-0.3, -0.25) is 19.3 Å². The number of amides is 2. The Kier molecular flexibility index (Phi) is 5.48. The van der Waals surface area contributed by atoms with Gasteiger partial charge in [0.05, 0.1) is 26.1 Å². The highest BCUT2D eigenvalue weighted by atomic mass is 79.9. The first-order valence-corrected chi connectivity index (χ1v) is 9.11. The molecular formula is C20H13BrF2N2O4. The number of fused-ring (bicyclic) bond motifs is 1. The fourth-order valence-corrected chi connectivity index (χ4v) is 3.67. The average molecular weight is 463 g/mol. The summed E-state index contributed by atoms with van der Waals surface area (Å²) in [5.74, 6) is -4.47. The van der Waals surface area contributed by atoms with E-state index >= 15 is 0 Å². The van der Waals surface area contributed by atoms with Gasteiger partial charge in [0.25, 0.3) is 11.8 Å². The SMILES string of the molecule is COC(=O)C1(CC#N)C(=O)N(Cc2ccc(Br)cc2F)C(=O)c2ccc(F)cc21. The summed E-state index contributed by atoms with van der Waals surface area (Å²) in [6, 6.07) is 8.81. The van der Waals surface area contributed by atoms with Crippen LogP contribution in [0, 0.1) is 23.0 Å². The highest BCUT2D eigenvalue weighted by molar-refractivity contribution is 9.10. The second-order valence-electron chi connectivity index (χ2n) is 6.35. The third-order valence-electron chi connectivity index (χ3n) is 4.75. The quantitative estimate of drug-likeness (QED) is 0.395. The van der Waals surface area contributed by atoms with Crippen LogP contribution < -0.4 is 0 Å². The van der Waals surface area contributed by atoms with Crippen LogP contribution in [0.3, 0.4) is 0 Å². The number of carbonyl (C=O) groups is 3. The molecule has 0 fully saturated rings. The summed E-state index contributed by atoms with van der Waals surface area (Å²) < 4.78 is 33.4. The molecule has 0 bridgehead atoms. The number of hydrogen-bond acceptors (Lipinski definition) is 5. The minimum atomic E-state index is -2.24. The molecule has 148 valence electrons. The molecule has 0 saturated heterocycles. The van der Waals surface area contributed by atoms with Crippen molar-refractivity contribution in [1.29, 1.82) is 5.26 Å². The van der Waals surface area contributed by atoms with E-state index < -0.39 is 47.8 Å². The van der Waals surface area contributed by atoms with Gasteiger partial charge in [0.1, 0.15) is 11.6 Å². The molecule has 0 spiro atoms.